The third-order valence-electron chi connectivity index (χ3n) is 3.58. The molecule has 1 rings (SSSR count). The first-order chi connectivity index (χ1) is 6.12. The number of nitrogens with two attached hydrogens (primary N) is 1. The van der Waals surface area contributed by atoms with Crippen molar-refractivity contribution in [2.24, 2.45) is 11.7 Å². The van der Waals surface area contributed by atoms with E-state index in [0.29, 0.717) is 12.8 Å². The van der Waals surface area contributed by atoms with Gasteiger partial charge in [0.1, 0.15) is 5.67 Å². The lowest BCUT2D eigenvalue weighted by molar-refractivity contribution is 0.0289. The van der Waals surface area contributed by atoms with Crippen LogP contribution in [0.4, 0.5) is 4.39 Å². The SMILES string of the molecule is CCC(CC)C1(F)CCC(N)CC1. The summed E-state index contributed by atoms with van der Waals surface area (Å²) >= 11 is 0. The van der Waals surface area contributed by atoms with Crippen LogP contribution >= 0.6 is 0 Å². The van der Waals surface area contributed by atoms with Crippen molar-refractivity contribution in [1.82, 2.24) is 0 Å². The van der Waals surface area contributed by atoms with Crippen LogP contribution in [0.15, 0.2) is 0 Å². The largest absolute Gasteiger partial charge is 0.328 e. The Labute approximate surface area is 80.9 Å². The fourth-order valence-electron chi connectivity index (χ4n) is 2.55. The molecule has 13 heavy (non-hydrogen) atoms. The summed E-state index contributed by atoms with van der Waals surface area (Å²) in [5, 5.41) is 0. The van der Waals surface area contributed by atoms with Gasteiger partial charge in [-0.3, -0.25) is 0 Å². The minimum Gasteiger partial charge on any atom is -0.328 e. The van der Waals surface area contributed by atoms with Crippen LogP contribution in [0.2, 0.25) is 0 Å². The summed E-state index contributed by atoms with van der Waals surface area (Å²) in [6.45, 7) is 4.17. The molecule has 0 aromatic rings. The van der Waals surface area contributed by atoms with Crippen molar-refractivity contribution in [2.45, 2.75) is 64.1 Å². The third kappa shape index (κ3) is 2.43. The van der Waals surface area contributed by atoms with Crippen molar-refractivity contribution in [3.63, 3.8) is 0 Å². The summed E-state index contributed by atoms with van der Waals surface area (Å²) in [5.74, 6) is 0.250. The highest BCUT2D eigenvalue weighted by Crippen LogP contribution is 2.40. The highest BCUT2D eigenvalue weighted by atomic mass is 19.1. The normalized spacial score (nSPS) is 35.3. The first kappa shape index (κ1) is 11.0. The van der Waals surface area contributed by atoms with Gasteiger partial charge < -0.3 is 5.73 Å². The maximum absolute atomic E-state index is 14.4. The van der Waals surface area contributed by atoms with Crippen LogP contribution in [0.5, 0.6) is 0 Å². The molecule has 2 N–H and O–H groups in total. The second kappa shape index (κ2) is 4.41. The van der Waals surface area contributed by atoms with Crippen molar-refractivity contribution < 1.29 is 4.39 Å². The van der Waals surface area contributed by atoms with Crippen molar-refractivity contribution in [1.29, 1.82) is 0 Å². The average Bonchev–Trinajstić information content (AvgIpc) is 2.13. The first-order valence-corrected chi connectivity index (χ1v) is 5.57. The van der Waals surface area contributed by atoms with Crippen LogP contribution < -0.4 is 5.73 Å². The Morgan fingerprint density at radius 3 is 2.15 bits per heavy atom. The van der Waals surface area contributed by atoms with Crippen LogP contribution in [0.25, 0.3) is 0 Å². The Morgan fingerprint density at radius 1 is 1.31 bits per heavy atom. The molecule has 1 aliphatic carbocycles. The standard InChI is InChI=1S/C11H22FN/c1-3-9(4-2)11(12)7-5-10(13)6-8-11/h9-10H,3-8,13H2,1-2H3. The van der Waals surface area contributed by atoms with Crippen molar-refractivity contribution in [3.05, 3.63) is 0 Å². The molecule has 0 amide bonds. The lowest BCUT2D eigenvalue weighted by Gasteiger charge is -2.38. The summed E-state index contributed by atoms with van der Waals surface area (Å²) in [7, 11) is 0. The van der Waals surface area contributed by atoms with E-state index in [1.165, 1.54) is 0 Å². The van der Waals surface area contributed by atoms with E-state index >= 15 is 0 Å². The van der Waals surface area contributed by atoms with Crippen LogP contribution in [0.1, 0.15) is 52.4 Å². The topological polar surface area (TPSA) is 26.0 Å². The third-order valence-corrected chi connectivity index (χ3v) is 3.58. The van der Waals surface area contributed by atoms with Crippen LogP contribution in [-0.2, 0) is 0 Å². The molecule has 0 heterocycles. The van der Waals surface area contributed by atoms with Gasteiger partial charge in [0, 0.05) is 6.04 Å². The van der Waals surface area contributed by atoms with Crippen LogP contribution in [0, 0.1) is 5.92 Å². The van der Waals surface area contributed by atoms with E-state index in [-0.39, 0.29) is 12.0 Å². The number of halogens is 1. The molecule has 0 aromatic heterocycles. The summed E-state index contributed by atoms with van der Waals surface area (Å²) < 4.78 is 14.4. The molecule has 0 radical (unpaired) electrons. The molecule has 0 saturated heterocycles. The molecule has 0 unspecified atom stereocenters. The quantitative estimate of drug-likeness (QED) is 0.722. The van der Waals surface area contributed by atoms with Gasteiger partial charge in [0.05, 0.1) is 0 Å². The lowest BCUT2D eigenvalue weighted by Crippen LogP contribution is -2.40. The minimum atomic E-state index is -0.903. The smallest absolute Gasteiger partial charge is 0.114 e. The molecule has 0 atom stereocenters. The molecule has 0 spiro atoms. The molecular weight excluding hydrogens is 165 g/mol. The molecule has 0 bridgehead atoms. The predicted octanol–water partition coefficient (Wildman–Crippen LogP) is 3.03. The fourth-order valence-corrected chi connectivity index (χ4v) is 2.55. The fraction of sp³-hybridized carbons (Fsp3) is 1.00. The summed E-state index contributed by atoms with van der Waals surface area (Å²) in [6.07, 6.45) is 5.02. The van der Waals surface area contributed by atoms with Gasteiger partial charge in [0.25, 0.3) is 0 Å². The summed E-state index contributed by atoms with van der Waals surface area (Å²) in [4.78, 5) is 0. The van der Waals surface area contributed by atoms with Crippen molar-refractivity contribution >= 4 is 0 Å². The Hall–Kier alpha value is -0.110. The minimum absolute atomic E-state index is 0.248. The zero-order valence-corrected chi connectivity index (χ0v) is 8.85. The maximum Gasteiger partial charge on any atom is 0.114 e. The Kier molecular flexibility index (Phi) is 3.72. The van der Waals surface area contributed by atoms with E-state index in [1.54, 1.807) is 0 Å². The maximum atomic E-state index is 14.4. The summed E-state index contributed by atoms with van der Waals surface area (Å²) in [6, 6.07) is 0.248. The number of hydrogen-bond donors (Lipinski definition) is 1. The zero-order valence-electron chi connectivity index (χ0n) is 8.85. The molecule has 78 valence electrons. The molecule has 1 fully saturated rings. The second-order valence-electron chi connectivity index (χ2n) is 4.39. The highest BCUT2D eigenvalue weighted by molar-refractivity contribution is 4.91. The molecular formula is C11H22FN. The van der Waals surface area contributed by atoms with Gasteiger partial charge in [-0.05, 0) is 31.6 Å². The van der Waals surface area contributed by atoms with Gasteiger partial charge in [0.15, 0.2) is 0 Å². The lowest BCUT2D eigenvalue weighted by atomic mass is 9.74. The molecule has 2 heteroatoms. The first-order valence-electron chi connectivity index (χ1n) is 5.57. The van der Waals surface area contributed by atoms with Crippen molar-refractivity contribution in [3.8, 4) is 0 Å². The number of hydrogen-bond acceptors (Lipinski definition) is 1. The van der Waals surface area contributed by atoms with E-state index < -0.39 is 5.67 Å². The monoisotopic (exact) mass is 187 g/mol. The summed E-state index contributed by atoms with van der Waals surface area (Å²) in [5.41, 5.74) is 4.87. The van der Waals surface area contributed by atoms with Gasteiger partial charge in [-0.25, -0.2) is 4.39 Å². The van der Waals surface area contributed by atoms with Crippen molar-refractivity contribution in [2.75, 3.05) is 0 Å². The average molecular weight is 187 g/mol. The van der Waals surface area contributed by atoms with Gasteiger partial charge in [-0.1, -0.05) is 26.7 Å². The van der Waals surface area contributed by atoms with Crippen LogP contribution in [0.3, 0.4) is 0 Å². The molecule has 1 aliphatic rings. The zero-order chi connectivity index (χ0) is 9.90. The molecule has 0 aliphatic heterocycles. The van der Waals surface area contributed by atoms with Gasteiger partial charge in [0.2, 0.25) is 0 Å². The molecule has 1 nitrogen and oxygen atoms in total. The number of rotatable bonds is 3. The van der Waals surface area contributed by atoms with E-state index in [9.17, 15) is 4.39 Å². The molecule has 1 saturated carbocycles. The van der Waals surface area contributed by atoms with Crippen LogP contribution in [-0.4, -0.2) is 11.7 Å². The van der Waals surface area contributed by atoms with Gasteiger partial charge in [-0.15, -0.1) is 0 Å². The number of alkyl halides is 1. The van der Waals surface area contributed by atoms with Gasteiger partial charge >= 0.3 is 0 Å². The Morgan fingerprint density at radius 2 is 1.77 bits per heavy atom. The predicted molar refractivity (Wildman–Crippen MR) is 54.4 cm³/mol. The highest BCUT2D eigenvalue weighted by Gasteiger charge is 2.39. The molecule has 0 aromatic carbocycles. The van der Waals surface area contributed by atoms with Gasteiger partial charge in [-0.2, -0.15) is 0 Å². The second-order valence-corrected chi connectivity index (χ2v) is 4.39. The van der Waals surface area contributed by atoms with E-state index in [1.807, 2.05) is 0 Å². The van der Waals surface area contributed by atoms with E-state index in [0.717, 1.165) is 25.7 Å². The van der Waals surface area contributed by atoms with E-state index in [2.05, 4.69) is 13.8 Å². The Bertz CT molecular complexity index is 146. The van der Waals surface area contributed by atoms with E-state index in [4.69, 9.17) is 5.73 Å². The Balaban J connectivity index is 2.54.